The molecule has 0 aromatic heterocycles. The molecule has 0 radical (unpaired) electrons. The Morgan fingerprint density at radius 1 is 1.26 bits per heavy atom. The van der Waals surface area contributed by atoms with Gasteiger partial charge in [-0.2, -0.15) is 11.8 Å². The van der Waals surface area contributed by atoms with Crippen LogP contribution in [0.25, 0.3) is 0 Å². The van der Waals surface area contributed by atoms with Crippen molar-refractivity contribution in [2.24, 2.45) is 4.99 Å². The molecular weight excluding hydrogens is 474 g/mol. The predicted molar refractivity (Wildman–Crippen MR) is 127 cm³/mol. The van der Waals surface area contributed by atoms with Crippen LogP contribution in [0.1, 0.15) is 38.7 Å². The highest BCUT2D eigenvalue weighted by Crippen LogP contribution is 2.15. The minimum absolute atomic E-state index is 0. The molecule has 1 aromatic rings. The van der Waals surface area contributed by atoms with Gasteiger partial charge in [-0.05, 0) is 44.4 Å². The molecule has 1 aliphatic rings. The molecule has 7 heteroatoms. The fourth-order valence-electron chi connectivity index (χ4n) is 3.15. The van der Waals surface area contributed by atoms with Gasteiger partial charge in [-0.25, -0.2) is 4.39 Å². The Bertz CT molecular complexity index is 551. The third-order valence-corrected chi connectivity index (χ3v) is 5.52. The summed E-state index contributed by atoms with van der Waals surface area (Å²) in [5.41, 5.74) is 0.769. The second-order valence-corrected chi connectivity index (χ2v) is 7.77. The summed E-state index contributed by atoms with van der Waals surface area (Å²) in [6.45, 7) is 9.48. The summed E-state index contributed by atoms with van der Waals surface area (Å²) < 4.78 is 13.6. The standard InChI is InChI=1S/C20H33FN4S.HI/c1-3-12-25-13-9-18(10-14-25)24-20(22-4-2)23-11-15-26-16-17-7-5-6-8-19(17)21;/h5-8,18H,3-4,9-16H2,1-2H3,(H2,22,23,24);1H. The van der Waals surface area contributed by atoms with E-state index in [0.717, 1.165) is 30.4 Å². The van der Waals surface area contributed by atoms with Crippen LogP contribution in [0.2, 0.25) is 0 Å². The molecule has 0 spiro atoms. The van der Waals surface area contributed by atoms with Crippen molar-refractivity contribution >= 4 is 41.7 Å². The van der Waals surface area contributed by atoms with Crippen molar-refractivity contribution in [2.75, 3.05) is 38.5 Å². The Morgan fingerprint density at radius 3 is 2.67 bits per heavy atom. The van der Waals surface area contributed by atoms with Gasteiger partial charge in [0.05, 0.1) is 6.54 Å². The van der Waals surface area contributed by atoms with Gasteiger partial charge in [0.2, 0.25) is 0 Å². The van der Waals surface area contributed by atoms with Crippen LogP contribution >= 0.6 is 35.7 Å². The molecule has 1 aromatic carbocycles. The first-order valence-electron chi connectivity index (χ1n) is 9.81. The molecule has 0 saturated carbocycles. The van der Waals surface area contributed by atoms with E-state index in [4.69, 9.17) is 0 Å². The molecule has 4 nitrogen and oxygen atoms in total. The molecule has 1 aliphatic heterocycles. The predicted octanol–water partition coefficient (Wildman–Crippen LogP) is 4.11. The smallest absolute Gasteiger partial charge is 0.191 e. The van der Waals surface area contributed by atoms with E-state index in [2.05, 4.69) is 34.4 Å². The average molecular weight is 508 g/mol. The van der Waals surface area contributed by atoms with Gasteiger partial charge in [-0.1, -0.05) is 25.1 Å². The third kappa shape index (κ3) is 9.47. The second-order valence-electron chi connectivity index (χ2n) is 6.66. The second kappa shape index (κ2) is 14.5. The highest BCUT2D eigenvalue weighted by Gasteiger charge is 2.19. The lowest BCUT2D eigenvalue weighted by Crippen LogP contribution is -2.48. The molecule has 0 aliphatic carbocycles. The van der Waals surface area contributed by atoms with Gasteiger partial charge in [0.15, 0.2) is 5.96 Å². The number of rotatable bonds is 9. The van der Waals surface area contributed by atoms with Crippen LogP contribution in [0.3, 0.4) is 0 Å². The number of nitrogens with zero attached hydrogens (tertiary/aromatic N) is 2. The van der Waals surface area contributed by atoms with Crippen molar-refractivity contribution in [3.8, 4) is 0 Å². The Labute approximate surface area is 185 Å². The van der Waals surface area contributed by atoms with E-state index in [1.54, 1.807) is 17.8 Å². The van der Waals surface area contributed by atoms with Crippen LogP contribution in [0.5, 0.6) is 0 Å². The summed E-state index contributed by atoms with van der Waals surface area (Å²) in [5, 5.41) is 6.92. The van der Waals surface area contributed by atoms with Crippen LogP contribution in [0.15, 0.2) is 29.3 Å². The van der Waals surface area contributed by atoms with Gasteiger partial charge >= 0.3 is 0 Å². The minimum atomic E-state index is -0.118. The molecule has 1 fully saturated rings. The lowest BCUT2D eigenvalue weighted by atomic mass is 10.1. The van der Waals surface area contributed by atoms with Crippen molar-refractivity contribution in [1.29, 1.82) is 0 Å². The molecule has 0 unspecified atom stereocenters. The van der Waals surface area contributed by atoms with Gasteiger partial charge in [0.25, 0.3) is 0 Å². The maximum atomic E-state index is 13.6. The molecule has 0 atom stereocenters. The fourth-order valence-corrected chi connectivity index (χ4v) is 3.97. The number of aliphatic imine (C=N–C) groups is 1. The van der Waals surface area contributed by atoms with Gasteiger partial charge in [0, 0.05) is 37.2 Å². The molecule has 27 heavy (non-hydrogen) atoms. The molecule has 1 heterocycles. The van der Waals surface area contributed by atoms with Crippen molar-refractivity contribution in [2.45, 2.75) is 44.9 Å². The van der Waals surface area contributed by atoms with E-state index in [0.29, 0.717) is 11.8 Å². The van der Waals surface area contributed by atoms with Crippen molar-refractivity contribution < 1.29 is 4.39 Å². The molecule has 2 rings (SSSR count). The van der Waals surface area contributed by atoms with E-state index in [9.17, 15) is 4.39 Å². The lowest BCUT2D eigenvalue weighted by Gasteiger charge is -2.32. The zero-order valence-electron chi connectivity index (χ0n) is 16.5. The van der Waals surface area contributed by atoms with E-state index in [-0.39, 0.29) is 29.8 Å². The number of thioether (sulfide) groups is 1. The van der Waals surface area contributed by atoms with E-state index in [1.165, 1.54) is 45.0 Å². The zero-order valence-corrected chi connectivity index (χ0v) is 19.7. The van der Waals surface area contributed by atoms with Crippen molar-refractivity contribution in [3.05, 3.63) is 35.6 Å². The number of guanidine groups is 1. The van der Waals surface area contributed by atoms with Crippen molar-refractivity contribution in [1.82, 2.24) is 15.5 Å². The maximum absolute atomic E-state index is 13.6. The minimum Gasteiger partial charge on any atom is -0.357 e. The van der Waals surface area contributed by atoms with Gasteiger partial charge in [-0.3, -0.25) is 4.99 Å². The van der Waals surface area contributed by atoms with E-state index >= 15 is 0 Å². The Hall–Kier alpha value is -0.540. The first kappa shape index (κ1) is 24.5. The number of halogens is 2. The quantitative estimate of drug-likeness (QED) is 0.228. The summed E-state index contributed by atoms with van der Waals surface area (Å²) in [5.74, 6) is 2.38. The fraction of sp³-hybridized carbons (Fsp3) is 0.650. The van der Waals surface area contributed by atoms with E-state index in [1.807, 2.05) is 12.1 Å². The summed E-state index contributed by atoms with van der Waals surface area (Å²) in [4.78, 5) is 7.23. The summed E-state index contributed by atoms with van der Waals surface area (Å²) in [6, 6.07) is 7.49. The van der Waals surface area contributed by atoms with Crippen LogP contribution in [-0.4, -0.2) is 55.4 Å². The summed E-state index contributed by atoms with van der Waals surface area (Å²) >= 11 is 1.72. The SMILES string of the molecule is CCCN1CCC(NC(=NCCSCc2ccccc2F)NCC)CC1.I. The number of hydrogen-bond acceptors (Lipinski definition) is 3. The first-order chi connectivity index (χ1) is 12.7. The van der Waals surface area contributed by atoms with Gasteiger partial charge in [0.1, 0.15) is 5.82 Å². The molecule has 2 N–H and O–H groups in total. The van der Waals surface area contributed by atoms with Crippen molar-refractivity contribution in [3.63, 3.8) is 0 Å². The Kier molecular flexibility index (Phi) is 13.1. The zero-order chi connectivity index (χ0) is 18.6. The van der Waals surface area contributed by atoms with Gasteiger partial charge < -0.3 is 15.5 Å². The molecule has 154 valence electrons. The largest absolute Gasteiger partial charge is 0.357 e. The Balaban J connectivity index is 0.00000364. The Morgan fingerprint density at radius 2 is 2.00 bits per heavy atom. The number of nitrogens with one attached hydrogen (secondary N) is 2. The first-order valence-corrected chi connectivity index (χ1v) is 11.0. The molecule has 0 bridgehead atoms. The highest BCUT2D eigenvalue weighted by molar-refractivity contribution is 14.0. The molecule has 0 amide bonds. The maximum Gasteiger partial charge on any atom is 0.191 e. The van der Waals surface area contributed by atoms with Crippen LogP contribution in [0, 0.1) is 5.82 Å². The summed E-state index contributed by atoms with van der Waals surface area (Å²) in [7, 11) is 0. The third-order valence-electron chi connectivity index (χ3n) is 4.53. The number of piperidine rings is 1. The normalized spacial score (nSPS) is 16.0. The van der Waals surface area contributed by atoms with Crippen LogP contribution in [0.4, 0.5) is 4.39 Å². The lowest BCUT2D eigenvalue weighted by molar-refractivity contribution is 0.206. The van der Waals surface area contributed by atoms with Crippen LogP contribution < -0.4 is 10.6 Å². The topological polar surface area (TPSA) is 39.7 Å². The monoisotopic (exact) mass is 508 g/mol. The molecule has 1 saturated heterocycles. The highest BCUT2D eigenvalue weighted by atomic mass is 127. The van der Waals surface area contributed by atoms with Gasteiger partial charge in [-0.15, -0.1) is 24.0 Å². The molecular formula is C20H34FIN4S. The van der Waals surface area contributed by atoms with Crippen LogP contribution in [-0.2, 0) is 5.75 Å². The number of hydrogen-bond donors (Lipinski definition) is 2. The number of likely N-dealkylation sites (tertiary alicyclic amines) is 1. The summed E-state index contributed by atoms with van der Waals surface area (Å²) in [6.07, 6.45) is 3.58. The average Bonchev–Trinajstić information content (AvgIpc) is 2.65. The number of benzene rings is 1. The van der Waals surface area contributed by atoms with E-state index < -0.39 is 0 Å².